The van der Waals surface area contributed by atoms with Crippen LogP contribution < -0.4 is 24.4 Å². The molecule has 0 aliphatic rings. The number of hydrogen-bond acceptors (Lipinski definition) is 7. The van der Waals surface area contributed by atoms with Crippen LogP contribution >= 0.6 is 0 Å². The van der Waals surface area contributed by atoms with Gasteiger partial charge in [-0.15, -0.1) is 0 Å². The van der Waals surface area contributed by atoms with E-state index in [-0.39, 0.29) is 33.8 Å². The third-order valence-electron chi connectivity index (χ3n) is 4.44. The van der Waals surface area contributed by atoms with Gasteiger partial charge >= 0.3 is 5.97 Å². The van der Waals surface area contributed by atoms with Crippen molar-refractivity contribution in [1.82, 2.24) is 0 Å². The van der Waals surface area contributed by atoms with E-state index in [1.54, 1.807) is 38.5 Å². The molecule has 1 aromatic heterocycles. The lowest BCUT2D eigenvalue weighted by Gasteiger charge is -2.12. The lowest BCUT2D eigenvalue weighted by Crippen LogP contribution is -2.09. The van der Waals surface area contributed by atoms with Gasteiger partial charge in [-0.05, 0) is 23.8 Å². The monoisotopic (exact) mass is 412 g/mol. The highest BCUT2D eigenvalue weighted by atomic mass is 16.5. The van der Waals surface area contributed by atoms with Crippen LogP contribution in [0.25, 0.3) is 23.1 Å². The van der Waals surface area contributed by atoms with Crippen LogP contribution in [0.3, 0.4) is 0 Å². The van der Waals surface area contributed by atoms with Crippen LogP contribution in [0.15, 0.2) is 39.5 Å². The Morgan fingerprint density at radius 3 is 2.20 bits per heavy atom. The molecule has 0 bridgehead atoms. The van der Waals surface area contributed by atoms with E-state index in [1.807, 2.05) is 6.07 Å². The van der Waals surface area contributed by atoms with E-state index < -0.39 is 11.4 Å². The van der Waals surface area contributed by atoms with Crippen LogP contribution in [0.4, 0.5) is 0 Å². The Morgan fingerprint density at radius 1 is 0.900 bits per heavy atom. The van der Waals surface area contributed by atoms with Gasteiger partial charge in [0.1, 0.15) is 28.0 Å². The molecule has 0 radical (unpaired) electrons. The van der Waals surface area contributed by atoms with Crippen LogP contribution in [-0.2, 0) is 0 Å². The first-order chi connectivity index (χ1) is 14.4. The third-order valence-corrected chi connectivity index (χ3v) is 4.44. The highest BCUT2D eigenvalue weighted by Gasteiger charge is 2.24. The van der Waals surface area contributed by atoms with E-state index in [0.717, 1.165) is 5.56 Å². The van der Waals surface area contributed by atoms with Crippen LogP contribution in [0.1, 0.15) is 21.7 Å². The number of ether oxygens (including phenoxy) is 4. The van der Waals surface area contributed by atoms with E-state index in [0.29, 0.717) is 11.5 Å². The van der Waals surface area contributed by atoms with Crippen molar-refractivity contribution in [2.75, 3.05) is 28.4 Å². The summed E-state index contributed by atoms with van der Waals surface area (Å²) in [5.74, 6) is 0.0736. The van der Waals surface area contributed by atoms with Crippen molar-refractivity contribution >= 4 is 29.1 Å². The molecule has 0 aliphatic carbocycles. The highest BCUT2D eigenvalue weighted by Crippen LogP contribution is 2.36. The number of fused-ring (bicyclic) bond motifs is 1. The first kappa shape index (κ1) is 20.8. The van der Waals surface area contributed by atoms with Crippen molar-refractivity contribution in [2.24, 2.45) is 0 Å². The molecule has 0 saturated carbocycles. The first-order valence-electron chi connectivity index (χ1n) is 8.79. The number of rotatable bonds is 7. The number of methoxy groups -OCH3 is 4. The quantitative estimate of drug-likeness (QED) is 0.626. The molecule has 2 aromatic carbocycles. The standard InChI is InChI=1S/C22H20O8/c1-26-15-8-6-12(9-16(15)27-2)5-7-13-10-14(23)19-18(30-13)11-17(28-3)20(22(24)25)21(19)29-4/h5-11H,1-4H3,(H,24,25). The maximum Gasteiger partial charge on any atom is 0.343 e. The van der Waals surface area contributed by atoms with Crippen molar-refractivity contribution in [3.8, 4) is 23.0 Å². The minimum Gasteiger partial charge on any atom is -0.496 e. The summed E-state index contributed by atoms with van der Waals surface area (Å²) < 4.78 is 26.6. The Labute approximate surface area is 171 Å². The molecule has 1 heterocycles. The maximum atomic E-state index is 12.7. The van der Waals surface area contributed by atoms with Gasteiger partial charge < -0.3 is 28.5 Å². The summed E-state index contributed by atoms with van der Waals surface area (Å²) in [6, 6.07) is 7.98. The van der Waals surface area contributed by atoms with Crippen LogP contribution in [0.2, 0.25) is 0 Å². The normalized spacial score (nSPS) is 10.9. The fraction of sp³-hybridized carbons (Fsp3) is 0.182. The fourth-order valence-electron chi connectivity index (χ4n) is 3.07. The molecule has 3 rings (SSSR count). The van der Waals surface area contributed by atoms with E-state index in [1.165, 1.54) is 26.4 Å². The summed E-state index contributed by atoms with van der Waals surface area (Å²) >= 11 is 0. The molecule has 0 atom stereocenters. The van der Waals surface area contributed by atoms with E-state index in [9.17, 15) is 14.7 Å². The topological polar surface area (TPSA) is 104 Å². The molecular formula is C22H20O8. The largest absolute Gasteiger partial charge is 0.496 e. The van der Waals surface area contributed by atoms with Gasteiger partial charge in [-0.1, -0.05) is 12.1 Å². The summed E-state index contributed by atoms with van der Waals surface area (Å²) in [7, 11) is 5.70. The lowest BCUT2D eigenvalue weighted by atomic mass is 10.1. The molecule has 0 saturated heterocycles. The summed E-state index contributed by atoms with van der Waals surface area (Å²) in [4.78, 5) is 24.3. The predicted octanol–water partition coefficient (Wildman–Crippen LogP) is 3.70. The smallest absolute Gasteiger partial charge is 0.343 e. The Hall–Kier alpha value is -3.94. The van der Waals surface area contributed by atoms with Gasteiger partial charge in [0.2, 0.25) is 0 Å². The van der Waals surface area contributed by atoms with Gasteiger partial charge in [0.05, 0.1) is 28.4 Å². The van der Waals surface area contributed by atoms with Gasteiger partial charge in [-0.2, -0.15) is 0 Å². The Kier molecular flexibility index (Phi) is 5.96. The second-order valence-electron chi connectivity index (χ2n) is 6.13. The molecular weight excluding hydrogens is 392 g/mol. The highest BCUT2D eigenvalue weighted by molar-refractivity contribution is 6.02. The zero-order valence-electron chi connectivity index (χ0n) is 16.8. The molecule has 8 heteroatoms. The second kappa shape index (κ2) is 8.60. The van der Waals surface area contributed by atoms with Gasteiger partial charge in [0.15, 0.2) is 22.7 Å². The fourth-order valence-corrected chi connectivity index (χ4v) is 3.07. The Morgan fingerprint density at radius 2 is 1.60 bits per heavy atom. The van der Waals surface area contributed by atoms with E-state index in [2.05, 4.69) is 0 Å². The zero-order valence-corrected chi connectivity index (χ0v) is 16.8. The van der Waals surface area contributed by atoms with Crippen molar-refractivity contribution in [1.29, 1.82) is 0 Å². The van der Waals surface area contributed by atoms with E-state index >= 15 is 0 Å². The van der Waals surface area contributed by atoms with Gasteiger partial charge in [-0.3, -0.25) is 4.79 Å². The van der Waals surface area contributed by atoms with Crippen molar-refractivity contribution in [3.05, 3.63) is 57.4 Å². The number of hydrogen-bond donors (Lipinski definition) is 1. The molecule has 156 valence electrons. The SMILES string of the molecule is COc1ccc(C=Cc2cc(=O)c3c(OC)c(C(=O)O)c(OC)cc3o2)cc1OC. The van der Waals surface area contributed by atoms with Crippen molar-refractivity contribution in [2.45, 2.75) is 0 Å². The number of benzene rings is 2. The van der Waals surface area contributed by atoms with Gasteiger partial charge in [-0.25, -0.2) is 4.79 Å². The molecule has 30 heavy (non-hydrogen) atoms. The van der Waals surface area contributed by atoms with Crippen LogP contribution in [0.5, 0.6) is 23.0 Å². The van der Waals surface area contributed by atoms with Crippen molar-refractivity contribution in [3.63, 3.8) is 0 Å². The second-order valence-corrected chi connectivity index (χ2v) is 6.13. The molecule has 1 N–H and O–H groups in total. The summed E-state index contributed by atoms with van der Waals surface area (Å²) in [6.45, 7) is 0. The minimum atomic E-state index is -1.28. The average Bonchev–Trinajstić information content (AvgIpc) is 2.75. The lowest BCUT2D eigenvalue weighted by molar-refractivity contribution is 0.0690. The van der Waals surface area contributed by atoms with Crippen LogP contribution in [0, 0.1) is 0 Å². The van der Waals surface area contributed by atoms with E-state index in [4.69, 9.17) is 23.4 Å². The summed E-state index contributed by atoms with van der Waals surface area (Å²) in [5.41, 5.74) is 0.263. The molecule has 8 nitrogen and oxygen atoms in total. The number of carboxylic acids is 1. The third kappa shape index (κ3) is 3.80. The number of carboxylic acid groups (broad SMARTS) is 1. The molecule has 0 fully saturated rings. The predicted molar refractivity (Wildman–Crippen MR) is 111 cm³/mol. The Bertz CT molecular complexity index is 1190. The molecule has 0 amide bonds. The average molecular weight is 412 g/mol. The Balaban J connectivity index is 2.11. The van der Waals surface area contributed by atoms with Crippen LogP contribution in [-0.4, -0.2) is 39.5 Å². The van der Waals surface area contributed by atoms with Gasteiger partial charge in [0.25, 0.3) is 0 Å². The molecule has 0 unspecified atom stereocenters. The number of carbonyl (C=O) groups is 1. The summed E-state index contributed by atoms with van der Waals surface area (Å²) in [5, 5.41) is 9.51. The first-order valence-corrected chi connectivity index (χ1v) is 8.79. The minimum absolute atomic E-state index is 0.0241. The zero-order chi connectivity index (χ0) is 21.8. The molecule has 0 aliphatic heterocycles. The summed E-state index contributed by atoms with van der Waals surface area (Å²) in [6.07, 6.45) is 3.36. The molecule has 0 spiro atoms. The van der Waals surface area contributed by atoms with Crippen molar-refractivity contribution < 1.29 is 33.3 Å². The molecule has 3 aromatic rings. The van der Waals surface area contributed by atoms with Gasteiger partial charge in [0, 0.05) is 12.1 Å². The number of aromatic carboxylic acids is 1. The maximum absolute atomic E-state index is 12.7.